The topological polar surface area (TPSA) is 50.4 Å². The zero-order chi connectivity index (χ0) is 13.5. The molecule has 1 aliphatic heterocycles. The van der Waals surface area contributed by atoms with Crippen molar-refractivity contribution in [3.05, 3.63) is 22.4 Å². The summed E-state index contributed by atoms with van der Waals surface area (Å²) in [6.07, 6.45) is 2.86. The highest BCUT2D eigenvalue weighted by atomic mass is 32.1. The first-order chi connectivity index (χ1) is 9.25. The molecular weight excluding hydrogens is 260 g/mol. The molecule has 0 aliphatic carbocycles. The predicted molar refractivity (Wildman–Crippen MR) is 77.3 cm³/mol. The number of carbonyl (C=O) groups excluding carboxylic acids is 1. The maximum atomic E-state index is 11.8. The van der Waals surface area contributed by atoms with E-state index in [2.05, 4.69) is 16.0 Å². The first kappa shape index (κ1) is 14.5. The fourth-order valence-corrected chi connectivity index (χ4v) is 2.95. The van der Waals surface area contributed by atoms with Gasteiger partial charge in [0, 0.05) is 6.42 Å². The van der Waals surface area contributed by atoms with Crippen LogP contribution >= 0.6 is 11.3 Å². The molecule has 1 unspecified atom stereocenters. The Labute approximate surface area is 118 Å². The van der Waals surface area contributed by atoms with E-state index in [4.69, 9.17) is 4.74 Å². The molecule has 0 spiro atoms. The number of rotatable bonds is 6. The van der Waals surface area contributed by atoms with Gasteiger partial charge in [-0.2, -0.15) is 11.3 Å². The Morgan fingerprint density at radius 1 is 1.58 bits per heavy atom. The van der Waals surface area contributed by atoms with Crippen LogP contribution in [0.2, 0.25) is 0 Å². The van der Waals surface area contributed by atoms with Gasteiger partial charge in [-0.05, 0) is 55.2 Å². The molecule has 5 heteroatoms. The molecule has 1 fully saturated rings. The molecule has 2 heterocycles. The van der Waals surface area contributed by atoms with Crippen molar-refractivity contribution in [2.24, 2.45) is 0 Å². The molecule has 1 aromatic heterocycles. The van der Waals surface area contributed by atoms with Gasteiger partial charge >= 0.3 is 0 Å². The van der Waals surface area contributed by atoms with E-state index in [1.807, 2.05) is 18.4 Å². The summed E-state index contributed by atoms with van der Waals surface area (Å²) in [5.74, 6) is 0.0626. The summed E-state index contributed by atoms with van der Waals surface area (Å²) in [4.78, 5) is 11.8. The van der Waals surface area contributed by atoms with Gasteiger partial charge in [0.15, 0.2) is 0 Å². The van der Waals surface area contributed by atoms with Crippen LogP contribution in [0.1, 0.15) is 37.8 Å². The van der Waals surface area contributed by atoms with Crippen LogP contribution < -0.4 is 10.6 Å². The van der Waals surface area contributed by atoms with E-state index in [0.717, 1.165) is 31.5 Å². The zero-order valence-corrected chi connectivity index (χ0v) is 12.2. The monoisotopic (exact) mass is 282 g/mol. The SMILES string of the molecule is CC(NC(=O)CCOC1CCNCC1)c1ccsc1. The Hall–Kier alpha value is -0.910. The van der Waals surface area contributed by atoms with Crippen molar-refractivity contribution >= 4 is 17.2 Å². The molecular formula is C14H22N2O2S. The molecule has 0 aromatic carbocycles. The summed E-state index contributed by atoms with van der Waals surface area (Å²) in [5, 5.41) is 10.4. The minimum atomic E-state index is 0.0626. The van der Waals surface area contributed by atoms with Crippen molar-refractivity contribution in [2.45, 2.75) is 38.3 Å². The smallest absolute Gasteiger partial charge is 0.222 e. The summed E-state index contributed by atoms with van der Waals surface area (Å²) in [6, 6.07) is 2.12. The fraction of sp³-hybridized carbons (Fsp3) is 0.643. The van der Waals surface area contributed by atoms with Crippen LogP contribution in [0.3, 0.4) is 0 Å². The van der Waals surface area contributed by atoms with Gasteiger partial charge in [-0.25, -0.2) is 0 Å². The number of ether oxygens (including phenoxy) is 1. The maximum Gasteiger partial charge on any atom is 0.222 e. The van der Waals surface area contributed by atoms with Crippen molar-refractivity contribution in [3.8, 4) is 0 Å². The minimum absolute atomic E-state index is 0.0626. The van der Waals surface area contributed by atoms with E-state index in [9.17, 15) is 4.79 Å². The van der Waals surface area contributed by atoms with Gasteiger partial charge in [-0.1, -0.05) is 0 Å². The van der Waals surface area contributed by atoms with Crippen LogP contribution in [0.25, 0.3) is 0 Å². The van der Waals surface area contributed by atoms with E-state index in [-0.39, 0.29) is 11.9 Å². The molecule has 2 N–H and O–H groups in total. The van der Waals surface area contributed by atoms with Gasteiger partial charge in [0.25, 0.3) is 0 Å². The maximum absolute atomic E-state index is 11.8. The van der Waals surface area contributed by atoms with E-state index in [1.54, 1.807) is 11.3 Å². The molecule has 2 rings (SSSR count). The average Bonchev–Trinajstić information content (AvgIpc) is 2.94. The molecule has 0 bridgehead atoms. The highest BCUT2D eigenvalue weighted by Gasteiger charge is 2.14. The minimum Gasteiger partial charge on any atom is -0.378 e. The van der Waals surface area contributed by atoms with Crippen LogP contribution in [-0.2, 0) is 9.53 Å². The third kappa shape index (κ3) is 4.93. The number of hydrogen-bond acceptors (Lipinski definition) is 4. The predicted octanol–water partition coefficient (Wildman–Crippen LogP) is 2.08. The Morgan fingerprint density at radius 3 is 3.05 bits per heavy atom. The Morgan fingerprint density at radius 2 is 2.37 bits per heavy atom. The van der Waals surface area contributed by atoms with Crippen molar-refractivity contribution < 1.29 is 9.53 Å². The highest BCUT2D eigenvalue weighted by Crippen LogP contribution is 2.15. The molecule has 19 heavy (non-hydrogen) atoms. The standard InChI is InChI=1S/C14H22N2O2S/c1-11(12-5-9-19-10-12)16-14(17)4-8-18-13-2-6-15-7-3-13/h5,9-11,13,15H,2-4,6-8H2,1H3,(H,16,17). The zero-order valence-electron chi connectivity index (χ0n) is 11.4. The third-order valence-electron chi connectivity index (χ3n) is 3.39. The van der Waals surface area contributed by atoms with Crippen LogP contribution in [-0.4, -0.2) is 31.7 Å². The molecule has 1 atom stereocenters. The molecule has 1 aliphatic rings. The molecule has 1 saturated heterocycles. The van der Waals surface area contributed by atoms with Crippen LogP contribution in [0.4, 0.5) is 0 Å². The largest absolute Gasteiger partial charge is 0.378 e. The number of carbonyl (C=O) groups is 1. The summed E-state index contributed by atoms with van der Waals surface area (Å²) < 4.78 is 5.73. The second kappa shape index (κ2) is 7.62. The molecule has 0 radical (unpaired) electrons. The third-order valence-corrected chi connectivity index (χ3v) is 4.09. The summed E-state index contributed by atoms with van der Waals surface area (Å²) in [6.45, 7) is 4.57. The molecule has 0 saturated carbocycles. The van der Waals surface area contributed by atoms with Crippen molar-refractivity contribution in [3.63, 3.8) is 0 Å². The molecule has 4 nitrogen and oxygen atoms in total. The van der Waals surface area contributed by atoms with Gasteiger partial charge < -0.3 is 15.4 Å². The lowest BCUT2D eigenvalue weighted by Gasteiger charge is -2.23. The molecule has 1 aromatic rings. The first-order valence-corrected chi connectivity index (χ1v) is 7.84. The van der Waals surface area contributed by atoms with E-state index in [0.29, 0.717) is 19.1 Å². The van der Waals surface area contributed by atoms with Gasteiger partial charge in [-0.15, -0.1) is 0 Å². The van der Waals surface area contributed by atoms with Gasteiger partial charge in [-0.3, -0.25) is 4.79 Å². The Kier molecular flexibility index (Phi) is 5.82. The Bertz CT molecular complexity index is 375. The quantitative estimate of drug-likeness (QED) is 0.840. The van der Waals surface area contributed by atoms with E-state index in [1.165, 1.54) is 0 Å². The number of amides is 1. The van der Waals surface area contributed by atoms with Crippen molar-refractivity contribution in [1.29, 1.82) is 0 Å². The summed E-state index contributed by atoms with van der Waals surface area (Å²) in [5.41, 5.74) is 1.16. The fourth-order valence-electron chi connectivity index (χ4n) is 2.20. The number of piperidine rings is 1. The highest BCUT2D eigenvalue weighted by molar-refractivity contribution is 7.07. The van der Waals surface area contributed by atoms with E-state index >= 15 is 0 Å². The lowest BCUT2D eigenvalue weighted by Crippen LogP contribution is -2.33. The van der Waals surface area contributed by atoms with E-state index < -0.39 is 0 Å². The van der Waals surface area contributed by atoms with Crippen LogP contribution in [0, 0.1) is 0 Å². The van der Waals surface area contributed by atoms with Crippen molar-refractivity contribution in [1.82, 2.24) is 10.6 Å². The second-order valence-electron chi connectivity index (χ2n) is 4.92. The second-order valence-corrected chi connectivity index (χ2v) is 5.70. The first-order valence-electron chi connectivity index (χ1n) is 6.89. The number of thiophene rings is 1. The van der Waals surface area contributed by atoms with Gasteiger partial charge in [0.05, 0.1) is 18.8 Å². The van der Waals surface area contributed by atoms with Crippen LogP contribution in [0.15, 0.2) is 16.8 Å². The molecule has 1 amide bonds. The van der Waals surface area contributed by atoms with Gasteiger partial charge in [0.1, 0.15) is 0 Å². The number of hydrogen-bond donors (Lipinski definition) is 2. The van der Waals surface area contributed by atoms with Crippen LogP contribution in [0.5, 0.6) is 0 Å². The lowest BCUT2D eigenvalue weighted by atomic mass is 10.1. The Balaban J connectivity index is 1.61. The van der Waals surface area contributed by atoms with Gasteiger partial charge in [0.2, 0.25) is 5.91 Å². The average molecular weight is 282 g/mol. The number of nitrogens with one attached hydrogen (secondary N) is 2. The normalized spacial score (nSPS) is 18.2. The molecule has 106 valence electrons. The lowest BCUT2D eigenvalue weighted by molar-refractivity contribution is -0.123. The summed E-state index contributed by atoms with van der Waals surface area (Å²) in [7, 11) is 0. The summed E-state index contributed by atoms with van der Waals surface area (Å²) >= 11 is 1.65. The van der Waals surface area contributed by atoms with Crippen molar-refractivity contribution in [2.75, 3.05) is 19.7 Å².